The first-order valence-corrected chi connectivity index (χ1v) is 7.67. The molecule has 1 N–H and O–H groups in total. The van der Waals surface area contributed by atoms with Crippen LogP contribution < -0.4 is 5.32 Å². The third kappa shape index (κ3) is 3.22. The Morgan fingerprint density at radius 3 is 2.83 bits per heavy atom. The Morgan fingerprint density at radius 1 is 1.56 bits per heavy atom. The van der Waals surface area contributed by atoms with Crippen molar-refractivity contribution in [3.8, 4) is 0 Å². The first kappa shape index (κ1) is 13.8. The summed E-state index contributed by atoms with van der Waals surface area (Å²) >= 11 is 5.41. The number of aryl methyl sites for hydroxylation is 2. The van der Waals surface area contributed by atoms with Crippen LogP contribution in [0, 0.1) is 6.92 Å². The second-order valence-electron chi connectivity index (χ2n) is 4.44. The predicted molar refractivity (Wildman–Crippen MR) is 80.1 cm³/mol. The molecule has 98 valence electrons. The van der Waals surface area contributed by atoms with E-state index < -0.39 is 0 Å². The van der Waals surface area contributed by atoms with Gasteiger partial charge >= 0.3 is 0 Å². The highest BCUT2D eigenvalue weighted by Gasteiger charge is 2.15. The van der Waals surface area contributed by atoms with Gasteiger partial charge in [-0.2, -0.15) is 5.10 Å². The summed E-state index contributed by atoms with van der Waals surface area (Å²) in [6.07, 6.45) is 5.01. The van der Waals surface area contributed by atoms with Crippen molar-refractivity contribution in [3.05, 3.63) is 38.3 Å². The van der Waals surface area contributed by atoms with E-state index in [2.05, 4.69) is 52.5 Å². The predicted octanol–water partition coefficient (Wildman–Crippen LogP) is 3.45. The third-order valence-corrected chi connectivity index (χ3v) is 5.12. The number of thiophene rings is 1. The van der Waals surface area contributed by atoms with E-state index in [1.165, 1.54) is 19.8 Å². The van der Waals surface area contributed by atoms with Crippen molar-refractivity contribution in [2.45, 2.75) is 26.3 Å². The van der Waals surface area contributed by atoms with Crippen molar-refractivity contribution < 1.29 is 0 Å². The summed E-state index contributed by atoms with van der Waals surface area (Å²) in [6.45, 7) is 5.25. The molecule has 0 aliphatic rings. The fraction of sp³-hybridized carbons (Fsp3) is 0.462. The van der Waals surface area contributed by atoms with Gasteiger partial charge < -0.3 is 5.32 Å². The van der Waals surface area contributed by atoms with Crippen molar-refractivity contribution in [1.82, 2.24) is 15.1 Å². The molecule has 1 unspecified atom stereocenters. The minimum atomic E-state index is 0.370. The van der Waals surface area contributed by atoms with E-state index in [-0.39, 0.29) is 0 Å². The lowest BCUT2D eigenvalue weighted by Crippen LogP contribution is -2.21. The van der Waals surface area contributed by atoms with Crippen LogP contribution in [0.1, 0.15) is 29.0 Å². The molecule has 0 saturated heterocycles. The zero-order chi connectivity index (χ0) is 13.1. The molecule has 5 heteroatoms. The van der Waals surface area contributed by atoms with Crippen LogP contribution in [0.5, 0.6) is 0 Å². The quantitative estimate of drug-likeness (QED) is 0.911. The van der Waals surface area contributed by atoms with Crippen LogP contribution in [-0.4, -0.2) is 16.3 Å². The SMILES string of the molecule is CCNC(Cc1cnn(C)c1)c1cc(C)c(Br)s1. The largest absolute Gasteiger partial charge is 0.309 e. The molecule has 0 bridgehead atoms. The van der Waals surface area contributed by atoms with Crippen LogP contribution in [-0.2, 0) is 13.5 Å². The molecule has 2 rings (SSSR count). The second-order valence-corrected chi connectivity index (χ2v) is 6.84. The molecule has 0 aliphatic heterocycles. The molecule has 1 atom stereocenters. The fourth-order valence-electron chi connectivity index (χ4n) is 1.99. The number of likely N-dealkylation sites (N-methyl/N-ethyl adjacent to an activating group) is 1. The van der Waals surface area contributed by atoms with E-state index in [4.69, 9.17) is 0 Å². The van der Waals surface area contributed by atoms with Crippen LogP contribution in [0.3, 0.4) is 0 Å². The maximum Gasteiger partial charge on any atom is 0.0731 e. The summed E-state index contributed by atoms with van der Waals surface area (Å²) in [5.74, 6) is 0. The molecule has 18 heavy (non-hydrogen) atoms. The summed E-state index contributed by atoms with van der Waals surface area (Å²) in [7, 11) is 1.96. The summed E-state index contributed by atoms with van der Waals surface area (Å²) < 4.78 is 3.08. The summed E-state index contributed by atoms with van der Waals surface area (Å²) in [4.78, 5) is 1.38. The van der Waals surface area contributed by atoms with Crippen LogP contribution >= 0.6 is 27.3 Å². The smallest absolute Gasteiger partial charge is 0.0731 e. The number of hydrogen-bond acceptors (Lipinski definition) is 3. The number of nitrogens with one attached hydrogen (secondary N) is 1. The van der Waals surface area contributed by atoms with Gasteiger partial charge in [-0.05, 0) is 53.0 Å². The van der Waals surface area contributed by atoms with Crippen molar-refractivity contribution >= 4 is 27.3 Å². The minimum Gasteiger partial charge on any atom is -0.309 e. The highest BCUT2D eigenvalue weighted by Crippen LogP contribution is 2.32. The van der Waals surface area contributed by atoms with Gasteiger partial charge in [0, 0.05) is 24.2 Å². The lowest BCUT2D eigenvalue weighted by Gasteiger charge is -2.15. The summed E-state index contributed by atoms with van der Waals surface area (Å²) in [5.41, 5.74) is 2.58. The van der Waals surface area contributed by atoms with Gasteiger partial charge in [0.05, 0.1) is 9.98 Å². The average molecular weight is 328 g/mol. The Morgan fingerprint density at radius 2 is 2.33 bits per heavy atom. The van der Waals surface area contributed by atoms with E-state index in [9.17, 15) is 0 Å². The van der Waals surface area contributed by atoms with E-state index in [0.717, 1.165) is 13.0 Å². The normalized spacial score (nSPS) is 12.9. The lowest BCUT2D eigenvalue weighted by molar-refractivity contribution is 0.558. The molecule has 0 radical (unpaired) electrons. The standard InChI is InChI=1S/C13H18BrN3S/c1-4-15-11(6-10-7-16-17(3)8-10)12-5-9(2)13(14)18-12/h5,7-8,11,15H,4,6H2,1-3H3. The van der Waals surface area contributed by atoms with E-state index >= 15 is 0 Å². The monoisotopic (exact) mass is 327 g/mol. The molecule has 0 fully saturated rings. The number of halogens is 1. The first-order chi connectivity index (χ1) is 8.60. The van der Waals surface area contributed by atoms with Gasteiger partial charge in [-0.3, -0.25) is 4.68 Å². The van der Waals surface area contributed by atoms with Crippen LogP contribution in [0.2, 0.25) is 0 Å². The van der Waals surface area contributed by atoms with Gasteiger partial charge in [-0.25, -0.2) is 0 Å². The molecular formula is C13H18BrN3S. The third-order valence-electron chi connectivity index (χ3n) is 2.87. The zero-order valence-electron chi connectivity index (χ0n) is 10.9. The number of rotatable bonds is 5. The summed E-state index contributed by atoms with van der Waals surface area (Å²) in [5, 5.41) is 7.78. The zero-order valence-corrected chi connectivity index (χ0v) is 13.3. The Labute approximate surface area is 120 Å². The van der Waals surface area contributed by atoms with Gasteiger partial charge in [0.15, 0.2) is 0 Å². The van der Waals surface area contributed by atoms with E-state index in [1.54, 1.807) is 0 Å². The highest BCUT2D eigenvalue weighted by atomic mass is 79.9. The maximum absolute atomic E-state index is 4.23. The van der Waals surface area contributed by atoms with Gasteiger partial charge in [0.25, 0.3) is 0 Å². The number of hydrogen-bond donors (Lipinski definition) is 1. The topological polar surface area (TPSA) is 29.9 Å². The van der Waals surface area contributed by atoms with E-state index in [1.807, 2.05) is 29.3 Å². The first-order valence-electron chi connectivity index (χ1n) is 6.07. The number of nitrogens with zero attached hydrogens (tertiary/aromatic N) is 2. The van der Waals surface area contributed by atoms with Crippen LogP contribution in [0.25, 0.3) is 0 Å². The van der Waals surface area contributed by atoms with Crippen molar-refractivity contribution in [1.29, 1.82) is 0 Å². The molecule has 0 aliphatic carbocycles. The Hall–Kier alpha value is -0.650. The molecule has 2 heterocycles. The van der Waals surface area contributed by atoms with Gasteiger partial charge in [0.2, 0.25) is 0 Å². The Bertz CT molecular complexity index is 499. The molecule has 2 aromatic rings. The second kappa shape index (κ2) is 5.99. The molecular weight excluding hydrogens is 310 g/mol. The van der Waals surface area contributed by atoms with Crippen LogP contribution in [0.15, 0.2) is 22.2 Å². The maximum atomic E-state index is 4.23. The van der Waals surface area contributed by atoms with E-state index in [0.29, 0.717) is 6.04 Å². The molecule has 3 nitrogen and oxygen atoms in total. The molecule has 2 aromatic heterocycles. The van der Waals surface area contributed by atoms with Crippen molar-refractivity contribution in [3.63, 3.8) is 0 Å². The van der Waals surface area contributed by atoms with Gasteiger partial charge in [-0.1, -0.05) is 6.92 Å². The van der Waals surface area contributed by atoms with Gasteiger partial charge in [-0.15, -0.1) is 11.3 Å². The minimum absolute atomic E-state index is 0.370. The van der Waals surface area contributed by atoms with Crippen LogP contribution in [0.4, 0.5) is 0 Å². The molecule has 0 saturated carbocycles. The fourth-order valence-corrected chi connectivity index (χ4v) is 3.63. The van der Waals surface area contributed by atoms with Gasteiger partial charge in [0.1, 0.15) is 0 Å². The summed E-state index contributed by atoms with van der Waals surface area (Å²) in [6, 6.07) is 2.63. The average Bonchev–Trinajstić information content (AvgIpc) is 2.86. The highest BCUT2D eigenvalue weighted by molar-refractivity contribution is 9.11. The Kier molecular flexibility index (Phi) is 4.59. The lowest BCUT2D eigenvalue weighted by atomic mass is 10.1. The molecule has 0 spiro atoms. The van der Waals surface area contributed by atoms with Crippen molar-refractivity contribution in [2.75, 3.05) is 6.54 Å². The Balaban J connectivity index is 2.17. The molecule has 0 amide bonds. The van der Waals surface area contributed by atoms with Crippen molar-refractivity contribution in [2.24, 2.45) is 7.05 Å². The molecule has 0 aromatic carbocycles. The number of aromatic nitrogens is 2.